The molecular formula is C21H22Na2O6. The minimum atomic E-state index is -0.347. The molecule has 0 unspecified atom stereocenters. The maximum absolute atomic E-state index is 11.9. The summed E-state index contributed by atoms with van der Waals surface area (Å²) in [5.74, 6) is -0.0832. The number of hydrogen-bond donors (Lipinski definition) is 2. The van der Waals surface area contributed by atoms with Gasteiger partial charge >= 0.3 is 59.1 Å². The molecule has 0 saturated heterocycles. The number of ketones is 2. The number of benzene rings is 2. The summed E-state index contributed by atoms with van der Waals surface area (Å²) in [6.07, 6.45) is 5.44. The predicted octanol–water partition coefficient (Wildman–Crippen LogP) is 2.07. The second-order valence-electron chi connectivity index (χ2n) is 5.64. The zero-order valence-electron chi connectivity index (χ0n) is 15.0. The average molecular weight is 416 g/mol. The molecule has 0 aliphatic carbocycles. The van der Waals surface area contributed by atoms with E-state index >= 15 is 0 Å². The van der Waals surface area contributed by atoms with Crippen molar-refractivity contribution in [1.29, 1.82) is 0 Å². The summed E-state index contributed by atoms with van der Waals surface area (Å²) in [5, 5.41) is 19.1. The zero-order chi connectivity index (χ0) is 19.8. The number of allylic oxidation sites excluding steroid dienone is 2. The SMILES string of the molecule is COc1cc(/C=C/C(=O)CC(=O)/C=C/c2ccc(O)c(OC)c2)ccc1O.[NaH].[NaH]. The number of carbonyl (C=O) groups is 2. The van der Waals surface area contributed by atoms with Crippen LogP contribution < -0.4 is 9.47 Å². The van der Waals surface area contributed by atoms with E-state index in [1.165, 1.54) is 38.5 Å². The Bertz CT molecular complexity index is 833. The van der Waals surface area contributed by atoms with Crippen LogP contribution in [0.3, 0.4) is 0 Å². The summed E-state index contributed by atoms with van der Waals surface area (Å²) < 4.78 is 10.00. The van der Waals surface area contributed by atoms with Crippen LogP contribution in [0.5, 0.6) is 23.0 Å². The van der Waals surface area contributed by atoms with E-state index in [9.17, 15) is 19.8 Å². The van der Waals surface area contributed by atoms with Gasteiger partial charge in [0.15, 0.2) is 34.6 Å². The van der Waals surface area contributed by atoms with Crippen LogP contribution in [-0.4, -0.2) is 95.1 Å². The Kier molecular flexibility index (Phi) is 12.9. The third kappa shape index (κ3) is 8.78. The molecule has 144 valence electrons. The molecule has 0 aliphatic heterocycles. The van der Waals surface area contributed by atoms with Gasteiger partial charge in [-0.25, -0.2) is 0 Å². The van der Waals surface area contributed by atoms with Crippen molar-refractivity contribution in [2.45, 2.75) is 6.42 Å². The number of hydrogen-bond acceptors (Lipinski definition) is 6. The first-order chi connectivity index (χ1) is 12.9. The van der Waals surface area contributed by atoms with Crippen LogP contribution in [0, 0.1) is 0 Å². The summed E-state index contributed by atoms with van der Waals surface area (Å²) in [4.78, 5) is 23.9. The van der Waals surface area contributed by atoms with Crippen molar-refractivity contribution in [3.63, 3.8) is 0 Å². The normalized spacial score (nSPS) is 10.3. The molecule has 0 amide bonds. The molecule has 0 bridgehead atoms. The summed E-state index contributed by atoms with van der Waals surface area (Å²) in [7, 11) is 2.87. The van der Waals surface area contributed by atoms with Crippen molar-refractivity contribution in [3.8, 4) is 23.0 Å². The molecule has 0 atom stereocenters. The fraction of sp³-hybridized carbons (Fsp3) is 0.143. The van der Waals surface area contributed by atoms with Crippen LogP contribution in [0.4, 0.5) is 0 Å². The van der Waals surface area contributed by atoms with Crippen LogP contribution in [0.1, 0.15) is 17.5 Å². The van der Waals surface area contributed by atoms with Crippen LogP contribution in [0.25, 0.3) is 12.2 Å². The Labute approximate surface area is 213 Å². The van der Waals surface area contributed by atoms with Crippen LogP contribution >= 0.6 is 0 Å². The first kappa shape index (κ1) is 27.5. The molecule has 2 aromatic carbocycles. The van der Waals surface area contributed by atoms with Crippen molar-refractivity contribution < 1.29 is 29.3 Å². The molecule has 0 saturated carbocycles. The maximum atomic E-state index is 11.9. The first-order valence-electron chi connectivity index (χ1n) is 8.08. The van der Waals surface area contributed by atoms with Crippen molar-refractivity contribution in [2.24, 2.45) is 0 Å². The first-order valence-corrected chi connectivity index (χ1v) is 8.08. The van der Waals surface area contributed by atoms with E-state index in [-0.39, 0.29) is 88.6 Å². The van der Waals surface area contributed by atoms with E-state index in [1.807, 2.05) is 0 Å². The summed E-state index contributed by atoms with van der Waals surface area (Å²) in [6, 6.07) is 9.34. The molecule has 2 aromatic rings. The monoisotopic (exact) mass is 416 g/mol. The molecule has 2 N–H and O–H groups in total. The third-order valence-corrected chi connectivity index (χ3v) is 3.68. The summed E-state index contributed by atoms with van der Waals surface area (Å²) in [6.45, 7) is 0. The van der Waals surface area contributed by atoms with Crippen molar-refractivity contribution in [2.75, 3.05) is 14.2 Å². The number of aromatic hydroxyl groups is 2. The fourth-order valence-electron chi connectivity index (χ4n) is 2.26. The van der Waals surface area contributed by atoms with Gasteiger partial charge in [0.2, 0.25) is 0 Å². The summed E-state index contributed by atoms with van der Waals surface area (Å²) in [5.41, 5.74) is 1.33. The zero-order valence-corrected chi connectivity index (χ0v) is 15.0. The molecule has 0 fully saturated rings. The van der Waals surface area contributed by atoms with Crippen LogP contribution in [0.2, 0.25) is 0 Å². The number of ether oxygens (including phenoxy) is 2. The Morgan fingerprint density at radius 2 is 1.17 bits per heavy atom. The molecule has 0 spiro atoms. The van der Waals surface area contributed by atoms with E-state index in [0.717, 1.165) is 0 Å². The Balaban J connectivity index is 0.00000392. The molecule has 6 nitrogen and oxygen atoms in total. The van der Waals surface area contributed by atoms with Gasteiger partial charge in [0.1, 0.15) is 0 Å². The van der Waals surface area contributed by atoms with Gasteiger partial charge in [-0.2, -0.15) is 0 Å². The van der Waals surface area contributed by atoms with Gasteiger partial charge in [-0.15, -0.1) is 0 Å². The number of rotatable bonds is 8. The molecule has 2 rings (SSSR count). The Hall–Kier alpha value is -1.54. The molecule has 0 aliphatic rings. The Morgan fingerprint density at radius 3 is 1.52 bits per heavy atom. The van der Waals surface area contributed by atoms with Crippen molar-refractivity contribution in [3.05, 3.63) is 59.7 Å². The van der Waals surface area contributed by atoms with E-state index < -0.39 is 0 Å². The van der Waals surface area contributed by atoms with Crippen molar-refractivity contribution in [1.82, 2.24) is 0 Å². The van der Waals surface area contributed by atoms with E-state index in [2.05, 4.69) is 0 Å². The summed E-state index contributed by atoms with van der Waals surface area (Å²) >= 11 is 0. The van der Waals surface area contributed by atoms with Gasteiger partial charge in [0.05, 0.1) is 20.6 Å². The molecule has 29 heavy (non-hydrogen) atoms. The van der Waals surface area contributed by atoms with E-state index in [4.69, 9.17) is 9.47 Å². The van der Waals surface area contributed by atoms with Gasteiger partial charge in [-0.05, 0) is 47.5 Å². The number of phenols is 2. The van der Waals surface area contributed by atoms with Gasteiger partial charge in [-0.3, -0.25) is 9.59 Å². The molecule has 0 heterocycles. The molecular weight excluding hydrogens is 394 g/mol. The number of methoxy groups -OCH3 is 2. The van der Waals surface area contributed by atoms with Crippen LogP contribution in [0.15, 0.2) is 48.6 Å². The van der Waals surface area contributed by atoms with Gasteiger partial charge in [0, 0.05) is 0 Å². The molecule has 0 aromatic heterocycles. The standard InChI is InChI=1S/C21H20O6.2Na.2H/c1-26-20-11-14(5-9-18(20)24)3-7-16(22)13-17(23)8-4-15-6-10-19(25)21(12-15)27-2;;;;/h3-12,24-25H,13H2,1-2H3;;;;/b7-3+,8-4+;;;;. The van der Waals surface area contributed by atoms with Gasteiger partial charge in [0.25, 0.3) is 0 Å². The van der Waals surface area contributed by atoms with Gasteiger partial charge < -0.3 is 19.7 Å². The number of phenolic OH excluding ortho intramolecular Hbond substituents is 2. The van der Waals surface area contributed by atoms with Crippen molar-refractivity contribution >= 4 is 82.8 Å². The minimum absolute atomic E-state index is 0. The molecule has 0 radical (unpaired) electrons. The fourth-order valence-corrected chi connectivity index (χ4v) is 2.26. The predicted molar refractivity (Wildman–Crippen MR) is 116 cm³/mol. The number of carbonyl (C=O) groups excluding carboxylic acids is 2. The average Bonchev–Trinajstić information content (AvgIpc) is 2.66. The Morgan fingerprint density at radius 1 is 0.793 bits per heavy atom. The van der Waals surface area contributed by atoms with E-state index in [0.29, 0.717) is 22.6 Å². The van der Waals surface area contributed by atoms with Gasteiger partial charge in [-0.1, -0.05) is 24.3 Å². The topological polar surface area (TPSA) is 93.1 Å². The second-order valence-corrected chi connectivity index (χ2v) is 5.64. The van der Waals surface area contributed by atoms with E-state index in [1.54, 1.807) is 36.4 Å². The quantitative estimate of drug-likeness (QED) is 0.389. The molecule has 8 heteroatoms. The third-order valence-electron chi connectivity index (χ3n) is 3.68. The van der Waals surface area contributed by atoms with Crippen LogP contribution in [-0.2, 0) is 9.59 Å². The second kappa shape index (κ2) is 13.6.